The summed E-state index contributed by atoms with van der Waals surface area (Å²) < 4.78 is 4.68. The number of ketones is 1. The second-order valence-corrected chi connectivity index (χ2v) is 7.74. The lowest BCUT2D eigenvalue weighted by Crippen LogP contribution is -2.49. The number of carbonyl (C=O) groups is 5. The smallest absolute Gasteiger partial charge is 0.337 e. The van der Waals surface area contributed by atoms with Crippen LogP contribution in [-0.2, 0) is 23.9 Å². The van der Waals surface area contributed by atoms with Gasteiger partial charge < -0.3 is 15.8 Å². The lowest BCUT2D eigenvalue weighted by Gasteiger charge is -2.25. The molecule has 1 fully saturated rings. The van der Waals surface area contributed by atoms with E-state index in [1.807, 2.05) is 0 Å². The summed E-state index contributed by atoms with van der Waals surface area (Å²) in [5.41, 5.74) is 6.99. The summed E-state index contributed by atoms with van der Waals surface area (Å²) >= 11 is 0. The van der Waals surface area contributed by atoms with Gasteiger partial charge in [-0.2, -0.15) is 0 Å². The second-order valence-electron chi connectivity index (χ2n) is 7.74. The van der Waals surface area contributed by atoms with Crippen LogP contribution in [0.2, 0.25) is 0 Å². The predicted molar refractivity (Wildman–Crippen MR) is 114 cm³/mol. The number of ether oxygens (including phenoxy) is 1. The third-order valence-corrected chi connectivity index (χ3v) is 5.18. The molecule has 4 atom stereocenters. The molecule has 0 aliphatic carbocycles. The summed E-state index contributed by atoms with van der Waals surface area (Å²) in [6.45, 7) is 4.98. The van der Waals surface area contributed by atoms with E-state index >= 15 is 0 Å². The highest BCUT2D eigenvalue weighted by molar-refractivity contribution is 6.16. The standard InChI is InChI=1S/C21H27N3O6.ClH/c1-10(2)17(18(26)16-11(3)19(27)24-20(16)28)23-15(25)9-14(22)12-6-5-7-13(8-12)21(29)30-4;/h5-8,10-11,14,16-17H,9,22H2,1-4H3,(H,23,25)(H,24,27,28);1H/t11-,14?,16+,17-;/m0./s1. The number of amides is 3. The summed E-state index contributed by atoms with van der Waals surface area (Å²) in [7, 11) is 1.27. The predicted octanol–water partition coefficient (Wildman–Crippen LogP) is 0.903. The van der Waals surface area contributed by atoms with Gasteiger partial charge in [-0.1, -0.05) is 32.9 Å². The van der Waals surface area contributed by atoms with Gasteiger partial charge >= 0.3 is 5.97 Å². The minimum absolute atomic E-state index is 0. The van der Waals surface area contributed by atoms with Crippen molar-refractivity contribution in [2.45, 2.75) is 39.3 Å². The van der Waals surface area contributed by atoms with Crippen LogP contribution in [0, 0.1) is 17.8 Å². The van der Waals surface area contributed by atoms with Crippen LogP contribution in [0.1, 0.15) is 49.2 Å². The van der Waals surface area contributed by atoms with E-state index in [1.165, 1.54) is 14.0 Å². The summed E-state index contributed by atoms with van der Waals surface area (Å²) in [6.07, 6.45) is -0.132. The molecule has 1 aromatic carbocycles. The van der Waals surface area contributed by atoms with Gasteiger partial charge in [0, 0.05) is 12.5 Å². The fraction of sp³-hybridized carbons (Fsp3) is 0.476. The van der Waals surface area contributed by atoms with Crippen LogP contribution >= 0.6 is 12.4 Å². The van der Waals surface area contributed by atoms with E-state index in [2.05, 4.69) is 15.4 Å². The molecule has 170 valence electrons. The molecule has 0 radical (unpaired) electrons. The summed E-state index contributed by atoms with van der Waals surface area (Å²) in [4.78, 5) is 60.8. The monoisotopic (exact) mass is 453 g/mol. The van der Waals surface area contributed by atoms with Crippen molar-refractivity contribution in [1.29, 1.82) is 0 Å². The fourth-order valence-corrected chi connectivity index (χ4v) is 3.39. The number of imide groups is 1. The van der Waals surface area contributed by atoms with Crippen molar-refractivity contribution in [1.82, 2.24) is 10.6 Å². The fourth-order valence-electron chi connectivity index (χ4n) is 3.39. The SMILES string of the molecule is COC(=O)c1cccc(C(N)CC(=O)N[C@H](C(=O)[C@@H]2C(=O)NC(=O)[C@H]2C)C(C)C)c1.Cl. The van der Waals surface area contributed by atoms with Gasteiger partial charge in [0.05, 0.1) is 24.6 Å². The van der Waals surface area contributed by atoms with Crippen molar-refractivity contribution in [3.05, 3.63) is 35.4 Å². The van der Waals surface area contributed by atoms with E-state index in [4.69, 9.17) is 5.73 Å². The average molecular weight is 454 g/mol. The van der Waals surface area contributed by atoms with E-state index in [0.717, 1.165) is 0 Å². The Labute approximate surface area is 186 Å². The quantitative estimate of drug-likeness (QED) is 0.301. The lowest BCUT2D eigenvalue weighted by molar-refractivity contribution is -0.137. The first-order valence-corrected chi connectivity index (χ1v) is 9.68. The molecular weight excluding hydrogens is 426 g/mol. The highest BCUT2D eigenvalue weighted by atomic mass is 35.5. The molecule has 1 aliphatic rings. The topological polar surface area (TPSA) is 145 Å². The first kappa shape index (κ1) is 26.3. The maximum absolute atomic E-state index is 12.9. The number of carbonyl (C=O) groups excluding carboxylic acids is 5. The third-order valence-electron chi connectivity index (χ3n) is 5.18. The molecule has 1 saturated heterocycles. The average Bonchev–Trinajstić information content (AvgIpc) is 2.96. The first-order chi connectivity index (χ1) is 14.1. The molecule has 1 unspecified atom stereocenters. The Balaban J connectivity index is 0.00000480. The van der Waals surface area contributed by atoms with Gasteiger partial charge in [-0.3, -0.25) is 24.5 Å². The molecule has 10 heteroatoms. The van der Waals surface area contributed by atoms with E-state index in [-0.39, 0.29) is 24.7 Å². The van der Waals surface area contributed by atoms with Gasteiger partial charge in [-0.05, 0) is 23.6 Å². The van der Waals surface area contributed by atoms with Crippen molar-refractivity contribution >= 4 is 41.9 Å². The van der Waals surface area contributed by atoms with Gasteiger partial charge in [0.2, 0.25) is 17.7 Å². The maximum Gasteiger partial charge on any atom is 0.337 e. The first-order valence-electron chi connectivity index (χ1n) is 9.68. The minimum atomic E-state index is -1.13. The molecule has 0 saturated carbocycles. The maximum atomic E-state index is 12.9. The number of Topliss-reactive ketones (excluding diaryl/α,β-unsaturated/α-hetero) is 1. The number of rotatable bonds is 8. The summed E-state index contributed by atoms with van der Waals surface area (Å²) in [5, 5.41) is 4.80. The van der Waals surface area contributed by atoms with Crippen LogP contribution in [-0.4, -0.2) is 42.6 Å². The Morgan fingerprint density at radius 2 is 1.84 bits per heavy atom. The lowest BCUT2D eigenvalue weighted by atomic mass is 9.85. The second kappa shape index (κ2) is 11.0. The Morgan fingerprint density at radius 3 is 2.35 bits per heavy atom. The number of hydrogen-bond donors (Lipinski definition) is 3. The largest absolute Gasteiger partial charge is 0.465 e. The Bertz CT molecular complexity index is 872. The number of halogens is 1. The van der Waals surface area contributed by atoms with E-state index < -0.39 is 53.4 Å². The molecule has 0 aromatic heterocycles. The van der Waals surface area contributed by atoms with Gasteiger partial charge in [0.25, 0.3) is 0 Å². The molecule has 1 heterocycles. The molecule has 4 N–H and O–H groups in total. The summed E-state index contributed by atoms with van der Waals surface area (Å²) in [6, 6.07) is 4.79. The Hall–Kier alpha value is -2.78. The third kappa shape index (κ3) is 6.11. The Kier molecular flexibility index (Phi) is 9.33. The number of hydrogen-bond acceptors (Lipinski definition) is 7. The van der Waals surface area contributed by atoms with Gasteiger partial charge in [0.1, 0.15) is 5.92 Å². The molecule has 0 spiro atoms. The van der Waals surface area contributed by atoms with Gasteiger partial charge in [-0.25, -0.2) is 4.79 Å². The van der Waals surface area contributed by atoms with Crippen molar-refractivity contribution < 1.29 is 28.7 Å². The normalized spacial score (nSPS) is 19.8. The number of benzene rings is 1. The van der Waals surface area contributed by atoms with Crippen molar-refractivity contribution in [3.63, 3.8) is 0 Å². The van der Waals surface area contributed by atoms with Gasteiger partial charge in [0.15, 0.2) is 5.78 Å². The number of methoxy groups -OCH3 is 1. The molecule has 1 aromatic rings. The van der Waals surface area contributed by atoms with Crippen LogP contribution in [0.15, 0.2) is 24.3 Å². The van der Waals surface area contributed by atoms with Crippen LogP contribution < -0.4 is 16.4 Å². The van der Waals surface area contributed by atoms with Crippen LogP contribution in [0.3, 0.4) is 0 Å². The molecule has 31 heavy (non-hydrogen) atoms. The van der Waals surface area contributed by atoms with E-state index in [0.29, 0.717) is 11.1 Å². The van der Waals surface area contributed by atoms with Crippen molar-refractivity contribution in [2.75, 3.05) is 7.11 Å². The zero-order valence-corrected chi connectivity index (χ0v) is 18.7. The van der Waals surface area contributed by atoms with Gasteiger partial charge in [-0.15, -0.1) is 12.4 Å². The molecule has 1 aliphatic heterocycles. The number of nitrogens with two attached hydrogens (primary N) is 1. The zero-order chi connectivity index (χ0) is 22.6. The molecular formula is C21H28ClN3O6. The highest BCUT2D eigenvalue weighted by Gasteiger charge is 2.46. The van der Waals surface area contributed by atoms with Crippen molar-refractivity contribution in [2.24, 2.45) is 23.5 Å². The Morgan fingerprint density at radius 1 is 1.19 bits per heavy atom. The molecule has 3 amide bonds. The zero-order valence-electron chi connectivity index (χ0n) is 17.8. The minimum Gasteiger partial charge on any atom is -0.465 e. The highest BCUT2D eigenvalue weighted by Crippen LogP contribution is 2.23. The van der Waals surface area contributed by atoms with Crippen LogP contribution in [0.5, 0.6) is 0 Å². The summed E-state index contributed by atoms with van der Waals surface area (Å²) in [5.74, 6) is -4.85. The van der Waals surface area contributed by atoms with Crippen molar-refractivity contribution in [3.8, 4) is 0 Å². The van der Waals surface area contributed by atoms with Crippen LogP contribution in [0.25, 0.3) is 0 Å². The van der Waals surface area contributed by atoms with E-state index in [9.17, 15) is 24.0 Å². The molecule has 2 rings (SSSR count). The molecule has 0 bridgehead atoms. The van der Waals surface area contributed by atoms with E-state index in [1.54, 1.807) is 38.1 Å². The molecule has 9 nitrogen and oxygen atoms in total. The van der Waals surface area contributed by atoms with Crippen LogP contribution in [0.4, 0.5) is 0 Å². The number of esters is 1. The number of nitrogens with one attached hydrogen (secondary N) is 2.